The maximum absolute atomic E-state index is 13.7. The molecule has 0 spiro atoms. The van der Waals surface area contributed by atoms with Crippen LogP contribution in [0.3, 0.4) is 0 Å². The Morgan fingerprint density at radius 3 is 2.68 bits per heavy atom. The SMILES string of the molecule is COc1ccc2c(c1)C(=O)CN(C[C@@]1(C3=Cc4ccc(F)cc4C3)NC(=O)NC1=O)C2. The van der Waals surface area contributed by atoms with Crippen molar-refractivity contribution >= 4 is 23.8 Å². The summed E-state index contributed by atoms with van der Waals surface area (Å²) in [5.74, 6) is -0.285. The number of hydrogen-bond donors (Lipinski definition) is 2. The van der Waals surface area contributed by atoms with Gasteiger partial charge in [-0.3, -0.25) is 19.8 Å². The number of carbonyl (C=O) groups is 3. The van der Waals surface area contributed by atoms with Gasteiger partial charge in [0.25, 0.3) is 5.91 Å². The van der Waals surface area contributed by atoms with E-state index >= 15 is 0 Å². The molecule has 1 fully saturated rings. The molecular formula is C23H20FN3O4. The molecule has 158 valence electrons. The molecule has 0 bridgehead atoms. The summed E-state index contributed by atoms with van der Waals surface area (Å²) in [5, 5.41) is 5.10. The number of nitrogens with zero attached hydrogens (tertiary/aromatic N) is 1. The van der Waals surface area contributed by atoms with E-state index in [4.69, 9.17) is 4.74 Å². The van der Waals surface area contributed by atoms with E-state index in [0.29, 0.717) is 29.9 Å². The molecule has 0 saturated carbocycles. The van der Waals surface area contributed by atoms with E-state index in [9.17, 15) is 18.8 Å². The number of rotatable bonds is 4. The van der Waals surface area contributed by atoms with E-state index in [1.807, 2.05) is 17.0 Å². The van der Waals surface area contributed by atoms with Gasteiger partial charge in [-0.15, -0.1) is 0 Å². The van der Waals surface area contributed by atoms with Crippen molar-refractivity contribution in [2.45, 2.75) is 18.5 Å². The van der Waals surface area contributed by atoms with Gasteiger partial charge < -0.3 is 10.1 Å². The molecule has 5 rings (SSSR count). The highest BCUT2D eigenvalue weighted by atomic mass is 19.1. The first kappa shape index (κ1) is 19.4. The molecule has 2 N–H and O–H groups in total. The molecule has 8 heteroatoms. The minimum atomic E-state index is -1.32. The minimum Gasteiger partial charge on any atom is -0.497 e. The minimum absolute atomic E-state index is 0.0780. The number of nitrogens with one attached hydrogen (secondary N) is 2. The standard InChI is InChI=1S/C23H20FN3O4/c1-31-18-5-3-14-10-27(11-20(28)19(14)9-18)12-23(21(29)25-22(30)26-23)16-6-13-2-4-17(24)8-15(13)7-16/h2-6,8-9H,7,10-12H2,1H3,(H2,25,26,29,30)/t23-/m0/s1. The number of fused-ring (bicyclic) bond motifs is 2. The number of Topliss-reactive ketones (excluding diaryl/α,β-unsaturated/α-hetero) is 1. The Morgan fingerprint density at radius 2 is 1.94 bits per heavy atom. The summed E-state index contributed by atoms with van der Waals surface area (Å²) in [4.78, 5) is 39.7. The first-order valence-electron chi connectivity index (χ1n) is 9.93. The molecule has 2 heterocycles. The number of methoxy groups -OCH3 is 1. The van der Waals surface area contributed by atoms with Gasteiger partial charge in [-0.05, 0) is 52.9 Å². The third-order valence-electron chi connectivity index (χ3n) is 6.14. The summed E-state index contributed by atoms with van der Waals surface area (Å²) in [5.41, 5.74) is 2.36. The summed E-state index contributed by atoms with van der Waals surface area (Å²) in [6.07, 6.45) is 2.17. The van der Waals surface area contributed by atoms with Crippen molar-refractivity contribution in [1.29, 1.82) is 0 Å². The second-order valence-corrected chi connectivity index (χ2v) is 8.09. The number of carbonyl (C=O) groups excluding carboxylic acids is 3. The fourth-order valence-electron chi connectivity index (χ4n) is 4.63. The molecule has 31 heavy (non-hydrogen) atoms. The van der Waals surface area contributed by atoms with E-state index < -0.39 is 17.5 Å². The summed E-state index contributed by atoms with van der Waals surface area (Å²) < 4.78 is 18.9. The predicted octanol–water partition coefficient (Wildman–Crippen LogP) is 2.05. The molecular weight excluding hydrogens is 401 g/mol. The van der Waals surface area contributed by atoms with Crippen LogP contribution in [0.15, 0.2) is 42.0 Å². The number of benzene rings is 2. The van der Waals surface area contributed by atoms with Crippen LogP contribution in [-0.2, 0) is 17.8 Å². The topological polar surface area (TPSA) is 87.7 Å². The van der Waals surface area contributed by atoms with Crippen LogP contribution < -0.4 is 15.4 Å². The Bertz CT molecular complexity index is 1180. The zero-order valence-corrected chi connectivity index (χ0v) is 16.8. The monoisotopic (exact) mass is 421 g/mol. The van der Waals surface area contributed by atoms with E-state index in [-0.39, 0.29) is 24.7 Å². The largest absolute Gasteiger partial charge is 0.497 e. The zero-order valence-electron chi connectivity index (χ0n) is 16.8. The number of amides is 3. The molecule has 2 aromatic rings. The van der Waals surface area contributed by atoms with E-state index in [1.165, 1.54) is 12.1 Å². The van der Waals surface area contributed by atoms with Crippen molar-refractivity contribution in [1.82, 2.24) is 15.5 Å². The highest BCUT2D eigenvalue weighted by Crippen LogP contribution is 2.35. The lowest BCUT2D eigenvalue weighted by Crippen LogP contribution is -2.57. The maximum atomic E-state index is 13.7. The number of ether oxygens (including phenoxy) is 1. The number of hydrogen-bond acceptors (Lipinski definition) is 5. The van der Waals surface area contributed by atoms with Crippen LogP contribution in [-0.4, -0.2) is 48.4 Å². The normalized spacial score (nSPS) is 22.5. The van der Waals surface area contributed by atoms with Crippen LogP contribution in [0, 0.1) is 5.82 Å². The first-order chi connectivity index (χ1) is 14.9. The smallest absolute Gasteiger partial charge is 0.322 e. The second kappa shape index (κ2) is 7.02. The van der Waals surface area contributed by atoms with Gasteiger partial charge in [-0.2, -0.15) is 0 Å². The Labute approximate surface area is 177 Å². The molecule has 1 saturated heterocycles. The lowest BCUT2D eigenvalue weighted by molar-refractivity contribution is -0.123. The molecule has 2 aromatic carbocycles. The fraction of sp³-hybridized carbons (Fsp3) is 0.261. The van der Waals surface area contributed by atoms with Crippen LogP contribution in [0.25, 0.3) is 6.08 Å². The Morgan fingerprint density at radius 1 is 1.10 bits per heavy atom. The number of urea groups is 1. The molecule has 3 amide bonds. The molecule has 0 aromatic heterocycles. The zero-order chi connectivity index (χ0) is 21.8. The summed E-state index contributed by atoms with van der Waals surface area (Å²) in [6, 6.07) is 9.24. The molecule has 2 aliphatic heterocycles. The Hall–Kier alpha value is -3.52. The quantitative estimate of drug-likeness (QED) is 0.738. The highest BCUT2D eigenvalue weighted by Gasteiger charge is 2.51. The molecule has 7 nitrogen and oxygen atoms in total. The van der Waals surface area contributed by atoms with Gasteiger partial charge in [0.15, 0.2) is 11.3 Å². The Balaban J connectivity index is 1.47. The molecule has 3 aliphatic rings. The van der Waals surface area contributed by atoms with Crippen LogP contribution in [0.4, 0.5) is 9.18 Å². The first-order valence-corrected chi connectivity index (χ1v) is 9.93. The number of halogens is 1. The summed E-state index contributed by atoms with van der Waals surface area (Å²) >= 11 is 0. The second-order valence-electron chi connectivity index (χ2n) is 8.09. The molecule has 0 unspecified atom stereocenters. The van der Waals surface area contributed by atoms with E-state index in [2.05, 4.69) is 10.6 Å². The fourth-order valence-corrected chi connectivity index (χ4v) is 4.63. The van der Waals surface area contributed by atoms with Gasteiger partial charge in [-0.1, -0.05) is 18.2 Å². The predicted molar refractivity (Wildman–Crippen MR) is 110 cm³/mol. The lowest BCUT2D eigenvalue weighted by atomic mass is 9.86. The van der Waals surface area contributed by atoms with Crippen molar-refractivity contribution in [3.63, 3.8) is 0 Å². The van der Waals surface area contributed by atoms with Crippen molar-refractivity contribution in [3.8, 4) is 5.75 Å². The van der Waals surface area contributed by atoms with Crippen molar-refractivity contribution < 1.29 is 23.5 Å². The van der Waals surface area contributed by atoms with Gasteiger partial charge in [-0.25, -0.2) is 9.18 Å². The van der Waals surface area contributed by atoms with Gasteiger partial charge in [0.05, 0.1) is 13.7 Å². The summed E-state index contributed by atoms with van der Waals surface area (Å²) in [6.45, 7) is 0.689. The van der Waals surface area contributed by atoms with Crippen molar-refractivity contribution in [2.24, 2.45) is 0 Å². The average molecular weight is 421 g/mol. The molecule has 1 aliphatic carbocycles. The Kier molecular flexibility index (Phi) is 4.40. The molecule has 1 atom stereocenters. The third kappa shape index (κ3) is 3.19. The van der Waals surface area contributed by atoms with Gasteiger partial charge >= 0.3 is 6.03 Å². The van der Waals surface area contributed by atoms with E-state index in [0.717, 1.165) is 16.7 Å². The summed E-state index contributed by atoms with van der Waals surface area (Å²) in [7, 11) is 1.55. The third-order valence-corrected chi connectivity index (χ3v) is 6.14. The van der Waals surface area contributed by atoms with Gasteiger partial charge in [0.1, 0.15) is 11.6 Å². The lowest BCUT2D eigenvalue weighted by Gasteiger charge is -2.36. The van der Waals surface area contributed by atoms with Crippen LogP contribution >= 0.6 is 0 Å². The number of ketones is 1. The highest BCUT2D eigenvalue weighted by molar-refractivity contribution is 6.10. The van der Waals surface area contributed by atoms with Crippen LogP contribution in [0.5, 0.6) is 5.75 Å². The number of imide groups is 1. The van der Waals surface area contributed by atoms with Crippen molar-refractivity contribution in [3.05, 3.63) is 70.0 Å². The molecule has 0 radical (unpaired) electrons. The maximum Gasteiger partial charge on any atom is 0.322 e. The average Bonchev–Trinajstić information content (AvgIpc) is 3.28. The van der Waals surface area contributed by atoms with Crippen LogP contribution in [0.1, 0.15) is 27.0 Å². The van der Waals surface area contributed by atoms with Crippen LogP contribution in [0.2, 0.25) is 0 Å². The van der Waals surface area contributed by atoms with E-state index in [1.54, 1.807) is 25.3 Å². The van der Waals surface area contributed by atoms with Crippen molar-refractivity contribution in [2.75, 3.05) is 20.2 Å². The van der Waals surface area contributed by atoms with Gasteiger partial charge in [0, 0.05) is 18.7 Å². The van der Waals surface area contributed by atoms with Gasteiger partial charge in [0.2, 0.25) is 0 Å².